The average Bonchev–Trinajstić information content (AvgIpc) is 0.824. The average molecular weight is 2000 g/mol. The summed E-state index contributed by atoms with van der Waals surface area (Å²) >= 11 is 0. The van der Waals surface area contributed by atoms with Crippen LogP contribution in [0.15, 0.2) is 97.2 Å². The van der Waals surface area contributed by atoms with Gasteiger partial charge in [-0.05, 0) is 218 Å². The fraction of sp³-hybridized carbons (Fsp3) is 0.652. The predicted molar refractivity (Wildman–Crippen MR) is 538 cm³/mol. The second-order valence-electron chi connectivity index (χ2n) is 47.9. The lowest BCUT2D eigenvalue weighted by Crippen LogP contribution is -2.33. The number of carbonyl (C=O) groups is 21. The molecule has 0 radical (unpaired) electrons. The number of hydrogen-bond donors (Lipinski definition) is 7. The Bertz CT molecular complexity index is 5030. The van der Waals surface area contributed by atoms with Gasteiger partial charge in [0, 0.05) is 90.0 Å². The number of aliphatic carboxylic acids is 6. The number of nitrogens with one attached hydrogen (secondary N) is 1. The van der Waals surface area contributed by atoms with Gasteiger partial charge in [-0.25, -0.2) is 4.79 Å². The highest BCUT2D eigenvalue weighted by atomic mass is 16.6. The van der Waals surface area contributed by atoms with E-state index in [9.17, 15) is 126 Å². The number of Topliss-reactive ketones (excluding diaryl/α,β-unsaturated/α-hetero) is 12. The van der Waals surface area contributed by atoms with E-state index in [1.807, 2.05) is 127 Å². The molecule has 31 heteroatoms. The van der Waals surface area contributed by atoms with E-state index in [0.29, 0.717) is 123 Å². The molecular weight excluding hydrogens is 1840 g/mol. The number of amides is 1. The van der Waals surface area contributed by atoms with Crippen molar-refractivity contribution in [2.45, 2.75) is 391 Å². The fourth-order valence-electron chi connectivity index (χ4n) is 18.6. The molecule has 6 aliphatic carbocycles. The van der Waals surface area contributed by atoms with Crippen molar-refractivity contribution in [1.82, 2.24) is 5.32 Å². The van der Waals surface area contributed by atoms with E-state index in [4.69, 9.17) is 19.3 Å². The van der Waals surface area contributed by atoms with Gasteiger partial charge in [-0.1, -0.05) is 174 Å². The summed E-state index contributed by atoms with van der Waals surface area (Å²) in [6.07, 6.45) is 6.59. The highest BCUT2D eigenvalue weighted by molar-refractivity contribution is 6.26. The van der Waals surface area contributed by atoms with Crippen LogP contribution in [0.4, 0.5) is 4.79 Å². The topological polar surface area (TPSA) is 520 Å². The number of hydrogen-bond acceptors (Lipinski definition) is 24. The van der Waals surface area contributed by atoms with Gasteiger partial charge in [0.05, 0.1) is 75.4 Å². The summed E-state index contributed by atoms with van der Waals surface area (Å²) in [6, 6.07) is 9.40. The Kier molecular flexibility index (Phi) is 48.3. The Labute approximate surface area is 844 Å². The maximum absolute atomic E-state index is 12.4. The molecule has 6 fully saturated rings. The van der Waals surface area contributed by atoms with Gasteiger partial charge >= 0.3 is 53.8 Å². The molecule has 0 aromatic heterocycles. The number of rotatable bonds is 32. The lowest BCUT2D eigenvalue weighted by Gasteiger charge is -2.29. The molecule has 7 rings (SSSR count). The molecule has 1 aromatic rings. The predicted octanol–water partition coefficient (Wildman–Crippen LogP) is 20.0. The molecule has 0 heterocycles. The van der Waals surface area contributed by atoms with Crippen molar-refractivity contribution in [3.8, 4) is 0 Å². The molecule has 6 saturated carbocycles. The van der Waals surface area contributed by atoms with Crippen molar-refractivity contribution in [3.63, 3.8) is 0 Å². The molecule has 0 spiro atoms. The number of ether oxygens (including phenoxy) is 3. The Hall–Kier alpha value is -11.3. The summed E-state index contributed by atoms with van der Waals surface area (Å²) in [4.78, 5) is 251. The summed E-state index contributed by atoms with van der Waals surface area (Å²) in [6.45, 7) is 54.3. The van der Waals surface area contributed by atoms with Crippen molar-refractivity contribution in [3.05, 3.63) is 103 Å². The molecule has 1 amide bonds. The molecule has 0 saturated heterocycles. The highest BCUT2D eigenvalue weighted by Crippen LogP contribution is 2.43. The quantitative estimate of drug-likeness (QED) is 0.0116. The molecule has 6 aliphatic rings. The maximum Gasteiger partial charge on any atom is 0.407 e. The van der Waals surface area contributed by atoms with E-state index in [2.05, 4.69) is 5.32 Å². The summed E-state index contributed by atoms with van der Waals surface area (Å²) in [7, 11) is 0. The van der Waals surface area contributed by atoms with E-state index in [-0.39, 0.29) is 225 Å². The second-order valence-corrected chi connectivity index (χ2v) is 47.9. The van der Waals surface area contributed by atoms with Crippen LogP contribution in [0.3, 0.4) is 0 Å². The zero-order chi connectivity index (χ0) is 111. The molecule has 6 atom stereocenters. The third-order valence-electron chi connectivity index (χ3n) is 24.8. The minimum Gasteiger partial charge on any atom is -0.481 e. The van der Waals surface area contributed by atoms with Gasteiger partial charge in [0.15, 0.2) is 69.4 Å². The normalized spacial score (nSPS) is 18.8. The van der Waals surface area contributed by atoms with Gasteiger partial charge in [-0.3, -0.25) is 95.9 Å². The standard InChI is InChI=1S/C22H35NO6.C20H30O6.C20H24O4.C19H28O6.C17H26O4.C14H20O4/c1-14(18-16(24)12-22(5,6)13-17(18)25)11-15(19(26)27)9-7-8-10-23-20(28)29-21(2,3)4;1-12(17-14(21)10-20(5,6)11-15(17)22)9-13(18(24)25)7-8-16(23)26-19(2,3)4;1-13(18-16(21)11-20(2,3)12-17(18)22)9-15(19(23)24)10-14-7-5-4-6-8-14;1-11(16-13(20)9-19(5,6)10-14(16)21)7-12(17(23)24)8-15(22)25-18(2,3)4;1-10(2)6-12(16(20)21)7-11(3)15-13(18)8-17(4,5)9-14(15)19;1-8(5-9(2)13(17)18)12-10(15)6-14(3,4)7-11(12)16/h15H,7-13H2,1-6H3,(H,23,28)(H,26,27);13H,7-11H2,1-6H3,(H,24,25);4-8,15H,9-12H2,1-3H3,(H,23,24);12H,7-10H2,1-6H3,(H,23,24);10,12H,6-9H2,1-5H3,(H,20,21);9H,5-7H2,1-4H3,(H,17,18)/t15-;13-;15-;2*12-;9-/m110011/s1. The van der Waals surface area contributed by atoms with Gasteiger partial charge in [-0.15, -0.1) is 0 Å². The number of carboxylic acid groups (broad SMARTS) is 6. The molecule has 7 N–H and O–H groups in total. The van der Waals surface area contributed by atoms with Gasteiger partial charge in [0.25, 0.3) is 0 Å². The largest absolute Gasteiger partial charge is 0.481 e. The second kappa shape index (κ2) is 54.1. The van der Waals surface area contributed by atoms with Crippen molar-refractivity contribution < 1.29 is 146 Å². The number of alkyl carbamates (subject to hydrolysis) is 1. The molecule has 0 aliphatic heterocycles. The number of unbranched alkanes of at least 4 members (excludes halogenated alkanes) is 1. The zero-order valence-corrected chi connectivity index (χ0v) is 90.5. The van der Waals surface area contributed by atoms with Gasteiger partial charge < -0.3 is 50.2 Å². The van der Waals surface area contributed by atoms with Gasteiger partial charge in [-0.2, -0.15) is 0 Å². The molecule has 31 nitrogen and oxygen atoms in total. The van der Waals surface area contributed by atoms with Crippen LogP contribution < -0.4 is 5.32 Å². The van der Waals surface area contributed by atoms with E-state index < -0.39 is 106 Å². The molecule has 1 aromatic carbocycles. The number of benzene rings is 1. The lowest BCUT2D eigenvalue weighted by atomic mass is 9.72. The van der Waals surface area contributed by atoms with Crippen LogP contribution in [0, 0.1) is 73.9 Å². The van der Waals surface area contributed by atoms with Crippen LogP contribution in [0.2, 0.25) is 0 Å². The van der Waals surface area contributed by atoms with Crippen LogP contribution in [0.5, 0.6) is 0 Å². The Morgan fingerprint density at radius 1 is 0.308 bits per heavy atom. The van der Waals surface area contributed by atoms with E-state index in [1.165, 1.54) is 0 Å². The van der Waals surface area contributed by atoms with Crippen molar-refractivity contribution in [2.75, 3.05) is 6.54 Å². The first-order valence-corrected chi connectivity index (χ1v) is 49.4. The molecule has 796 valence electrons. The van der Waals surface area contributed by atoms with Gasteiger partial charge in [0.1, 0.15) is 16.8 Å². The minimum absolute atomic E-state index is 0.0220. The van der Waals surface area contributed by atoms with Crippen LogP contribution in [0.1, 0.15) is 374 Å². The summed E-state index contributed by atoms with van der Waals surface area (Å²) in [5, 5.41) is 58.6. The SMILES string of the molecule is CC(C[C@@H](C)C(=O)O)=C1C(=O)CC(C)(C)CC1=O.CC(C[C@@H](CC(=O)OC(C)(C)C)C(=O)O)=C1C(=O)CC(C)(C)CC1=O.CC(C[C@@H](CC(C)C)C(=O)O)=C1C(=O)CC(C)(C)CC1=O.CC(C[C@@H](CCC(=O)OC(C)(C)C)C(=O)O)=C1C(=O)CC(C)(C)CC1=O.CC(C[C@@H](CCCCNC(=O)OC(C)(C)C)C(=O)O)=C1C(=O)CC(C)(C)CC1=O.CC(C[C@@H](Cc1ccccc1)C(=O)O)=C1C(=O)CC(C)(C)CC1=O. The van der Waals surface area contributed by atoms with Crippen LogP contribution in [0.25, 0.3) is 0 Å². The Balaban J connectivity index is 0.000000583. The number of esters is 2. The van der Waals surface area contributed by atoms with Crippen molar-refractivity contribution >= 4 is 123 Å². The fourth-order valence-corrected chi connectivity index (χ4v) is 18.6. The molecule has 0 bridgehead atoms. The first-order valence-electron chi connectivity index (χ1n) is 49.4. The Morgan fingerprint density at radius 2 is 0.552 bits per heavy atom. The summed E-state index contributed by atoms with van der Waals surface area (Å²) in [5.41, 5.74) is 1.59. The number of carbonyl (C=O) groups excluding carboxylic acids is 15. The molecule has 0 unspecified atom stereocenters. The third-order valence-corrected chi connectivity index (χ3v) is 24.8. The van der Waals surface area contributed by atoms with Crippen LogP contribution in [-0.2, 0) is 117 Å². The van der Waals surface area contributed by atoms with Crippen molar-refractivity contribution in [2.24, 2.45) is 73.9 Å². The zero-order valence-electron chi connectivity index (χ0n) is 90.5. The number of ketones is 12. The first-order chi connectivity index (χ1) is 65.0. The van der Waals surface area contributed by atoms with E-state index in [1.54, 1.807) is 111 Å². The first kappa shape index (κ1) is 128. The van der Waals surface area contributed by atoms with E-state index >= 15 is 0 Å². The number of allylic oxidation sites excluding steroid dienone is 12. The minimum atomic E-state index is -1.15. The number of carboxylic acids is 6. The lowest BCUT2D eigenvalue weighted by molar-refractivity contribution is -0.159. The molecule has 143 heavy (non-hydrogen) atoms. The smallest absolute Gasteiger partial charge is 0.407 e. The van der Waals surface area contributed by atoms with Crippen LogP contribution in [-0.4, -0.2) is 177 Å². The molecular formula is C112H163NO30. The van der Waals surface area contributed by atoms with Crippen molar-refractivity contribution in [1.29, 1.82) is 0 Å². The van der Waals surface area contributed by atoms with Gasteiger partial charge in [0.2, 0.25) is 0 Å². The summed E-state index contributed by atoms with van der Waals surface area (Å²) < 4.78 is 15.5. The van der Waals surface area contributed by atoms with Crippen LogP contribution >= 0.6 is 0 Å². The Morgan fingerprint density at radius 3 is 0.811 bits per heavy atom. The maximum atomic E-state index is 12.4. The van der Waals surface area contributed by atoms with E-state index in [0.717, 1.165) is 5.56 Å². The monoisotopic (exact) mass is 2000 g/mol. The highest BCUT2D eigenvalue weighted by Gasteiger charge is 2.45. The summed E-state index contributed by atoms with van der Waals surface area (Å²) in [5.74, 6) is -13.1. The third kappa shape index (κ3) is 46.1.